The van der Waals surface area contributed by atoms with E-state index in [1.165, 1.54) is 0 Å². The number of imidazole rings is 1. The summed E-state index contributed by atoms with van der Waals surface area (Å²) < 4.78 is 25.0. The Balaban J connectivity index is 1.05. The van der Waals surface area contributed by atoms with E-state index in [-0.39, 0.29) is 38.1 Å². The first-order valence-corrected chi connectivity index (χ1v) is 16.2. The van der Waals surface area contributed by atoms with E-state index < -0.39 is 74.6 Å². The molecule has 278 valence electrons. The maximum absolute atomic E-state index is 12.6. The van der Waals surface area contributed by atoms with Gasteiger partial charge in [-0.1, -0.05) is 0 Å². The Hall–Kier alpha value is -3.89. The first-order valence-electron chi connectivity index (χ1n) is 16.2. The number of aromatic nitrogens is 2. The maximum atomic E-state index is 12.6. The second kappa shape index (κ2) is 17.6. The second-order valence-electron chi connectivity index (χ2n) is 12.0. The van der Waals surface area contributed by atoms with Gasteiger partial charge in [-0.2, -0.15) is 0 Å². The number of ether oxygens (including phenoxy) is 4. The van der Waals surface area contributed by atoms with Crippen molar-refractivity contribution in [3.05, 3.63) is 78.4 Å². The van der Waals surface area contributed by atoms with Gasteiger partial charge >= 0.3 is 0 Å². The summed E-state index contributed by atoms with van der Waals surface area (Å²) >= 11 is 0. The van der Waals surface area contributed by atoms with E-state index in [4.69, 9.17) is 18.9 Å². The van der Waals surface area contributed by atoms with Crippen LogP contribution in [0.15, 0.2) is 67.3 Å². The predicted octanol–water partition coefficient (Wildman–Crippen LogP) is -4.15. The smallest absolute Gasteiger partial charge is 0.254 e. The van der Waals surface area contributed by atoms with E-state index in [2.05, 4.69) is 10.6 Å². The molecule has 5 rings (SSSR count). The molecule has 2 amide bonds. The number of benzene rings is 2. The van der Waals surface area contributed by atoms with Crippen LogP contribution in [0.3, 0.4) is 0 Å². The van der Waals surface area contributed by atoms with Gasteiger partial charge in [0.1, 0.15) is 72.6 Å². The largest absolute Gasteiger partial charge is 0.394 e. The molecule has 0 spiro atoms. The van der Waals surface area contributed by atoms with Crippen molar-refractivity contribution < 1.29 is 74.0 Å². The van der Waals surface area contributed by atoms with Crippen LogP contribution in [0, 0.1) is 0 Å². The molecule has 2 aliphatic rings. The van der Waals surface area contributed by atoms with Crippen molar-refractivity contribution >= 4 is 11.8 Å². The van der Waals surface area contributed by atoms with Crippen molar-refractivity contribution in [3.8, 4) is 11.4 Å². The summed E-state index contributed by atoms with van der Waals surface area (Å²) in [5.74, 6) is -0.737. The van der Waals surface area contributed by atoms with E-state index in [0.29, 0.717) is 11.1 Å². The number of carbonyl (C=O) groups is 2. The molecule has 1 aromatic heterocycles. The van der Waals surface area contributed by atoms with Crippen LogP contribution in [0.2, 0.25) is 0 Å². The third-order valence-electron chi connectivity index (χ3n) is 8.53. The maximum Gasteiger partial charge on any atom is 0.254 e. The summed E-state index contributed by atoms with van der Waals surface area (Å²) in [5.41, 5.74) is 2.33. The van der Waals surface area contributed by atoms with Crippen LogP contribution >= 0.6 is 0 Å². The zero-order valence-electron chi connectivity index (χ0n) is 27.3. The van der Waals surface area contributed by atoms with Gasteiger partial charge in [0.25, 0.3) is 18.1 Å². The Labute approximate surface area is 291 Å². The molecule has 10 N–H and O–H groups in total. The summed E-state index contributed by atoms with van der Waals surface area (Å²) in [4.78, 5) is 25.2. The zero-order valence-corrected chi connectivity index (χ0v) is 27.3. The van der Waals surface area contributed by atoms with Gasteiger partial charge in [-0.25, -0.2) is 9.13 Å². The van der Waals surface area contributed by atoms with Crippen molar-refractivity contribution in [1.29, 1.82) is 0 Å². The second-order valence-corrected chi connectivity index (χ2v) is 12.0. The first kappa shape index (κ1) is 38.3. The van der Waals surface area contributed by atoms with E-state index in [9.17, 15) is 50.4 Å². The van der Waals surface area contributed by atoms with Gasteiger partial charge in [-0.3, -0.25) is 9.59 Å². The van der Waals surface area contributed by atoms with Gasteiger partial charge in [0.15, 0.2) is 12.6 Å². The number of carbonyl (C=O) groups excluding carboxylic acids is 2. The van der Waals surface area contributed by atoms with Gasteiger partial charge in [-0.15, -0.1) is 0 Å². The van der Waals surface area contributed by atoms with Crippen LogP contribution in [0.4, 0.5) is 0 Å². The van der Waals surface area contributed by atoms with Gasteiger partial charge in [0.2, 0.25) is 0 Å². The van der Waals surface area contributed by atoms with Crippen molar-refractivity contribution in [1.82, 2.24) is 15.2 Å². The minimum atomic E-state index is -1.55. The number of aliphatic hydroxyl groups is 8. The molecule has 2 saturated heterocycles. The molecule has 2 aromatic carbocycles. The number of amides is 2. The third-order valence-corrected chi connectivity index (χ3v) is 8.53. The molecular formula is C33H43N4O14+. The summed E-state index contributed by atoms with van der Waals surface area (Å²) in [5, 5.41) is 83.4. The van der Waals surface area contributed by atoms with Crippen LogP contribution in [-0.2, 0) is 18.9 Å². The fraction of sp³-hybridized carbons (Fsp3) is 0.485. The lowest BCUT2D eigenvalue weighted by Gasteiger charge is -2.39. The highest BCUT2D eigenvalue weighted by atomic mass is 16.7. The SMILES string of the molecule is O=C(NCCO[C@H]1O[C@H](CO)[C@@H](O)[C@H](O)[C@@H]1O)c1ccc(-n2cc[n+](-c3ccc(C(=O)NCCO[C@H]4O[C@H](CO)[C@@H](O)[C@H](O)[C@@H]4O)cc3)c2)cc1. The van der Waals surface area contributed by atoms with Crippen LogP contribution in [0.5, 0.6) is 0 Å². The Kier molecular flexibility index (Phi) is 13.2. The standard InChI is InChI=1S/C33H42N4O14/c38-15-22-24(40)26(42)28(44)32(50-22)48-13-9-34-30(46)18-1-5-20(6-2-18)36-11-12-37(17-36)21-7-3-19(4-8-21)31(47)35-10-14-49-33-29(45)27(43)25(41)23(16-39)51-33/h1-8,11-12,17,22-29,32-33,38-45H,9-10,13-16H2,(H-,34,35,46,47)/p+1/t22-,23-,24-,25-,26+,27+,28+,29+,32+,33+/m1/s1. The van der Waals surface area contributed by atoms with E-state index in [1.54, 1.807) is 48.5 Å². The number of nitrogens with one attached hydrogen (secondary N) is 2. The summed E-state index contributed by atoms with van der Waals surface area (Å²) in [7, 11) is 0. The number of aliphatic hydroxyl groups excluding tert-OH is 8. The van der Waals surface area contributed by atoms with E-state index >= 15 is 0 Å². The highest BCUT2D eigenvalue weighted by molar-refractivity contribution is 5.94. The Morgan fingerprint density at radius 3 is 1.57 bits per heavy atom. The predicted molar refractivity (Wildman–Crippen MR) is 171 cm³/mol. The fourth-order valence-electron chi connectivity index (χ4n) is 5.52. The van der Waals surface area contributed by atoms with Crippen molar-refractivity contribution in [2.24, 2.45) is 0 Å². The van der Waals surface area contributed by atoms with Crippen molar-refractivity contribution in [2.45, 2.75) is 61.4 Å². The lowest BCUT2D eigenvalue weighted by molar-refractivity contribution is -0.594. The molecule has 2 aliphatic heterocycles. The minimum Gasteiger partial charge on any atom is -0.394 e. The summed E-state index contributed by atoms with van der Waals surface area (Å²) in [6.07, 6.45) is -8.43. The van der Waals surface area contributed by atoms with Crippen molar-refractivity contribution in [2.75, 3.05) is 39.5 Å². The van der Waals surface area contributed by atoms with Crippen LogP contribution in [0.25, 0.3) is 11.4 Å². The van der Waals surface area contributed by atoms with Crippen LogP contribution in [-0.4, -0.2) is 158 Å². The van der Waals surface area contributed by atoms with Crippen LogP contribution in [0.1, 0.15) is 20.7 Å². The molecule has 2 fully saturated rings. The normalized spacial score (nSPS) is 29.4. The van der Waals surface area contributed by atoms with Gasteiger partial charge < -0.3 is 70.4 Å². The highest BCUT2D eigenvalue weighted by Crippen LogP contribution is 2.23. The average molecular weight is 720 g/mol. The molecule has 0 bridgehead atoms. The Morgan fingerprint density at radius 2 is 1.12 bits per heavy atom. The number of hydrogen-bond acceptors (Lipinski definition) is 14. The topological polar surface area (TPSA) is 266 Å². The fourth-order valence-corrected chi connectivity index (χ4v) is 5.52. The number of hydrogen-bond donors (Lipinski definition) is 10. The van der Waals surface area contributed by atoms with E-state index in [1.807, 2.05) is 27.9 Å². The van der Waals surface area contributed by atoms with E-state index in [0.717, 1.165) is 11.4 Å². The summed E-state index contributed by atoms with van der Waals surface area (Å²) in [6.45, 7) is -1.15. The monoisotopic (exact) mass is 719 g/mol. The molecule has 0 aliphatic carbocycles. The van der Waals surface area contributed by atoms with Crippen LogP contribution < -0.4 is 15.2 Å². The molecule has 18 nitrogen and oxygen atoms in total. The average Bonchev–Trinajstić information content (AvgIpc) is 3.65. The van der Waals surface area contributed by atoms with Gasteiger partial charge in [-0.05, 0) is 48.5 Å². The third kappa shape index (κ3) is 9.13. The van der Waals surface area contributed by atoms with Gasteiger partial charge in [0.05, 0.1) is 26.4 Å². The molecule has 10 atom stereocenters. The molecule has 18 heteroatoms. The number of rotatable bonds is 14. The molecule has 0 radical (unpaired) electrons. The highest BCUT2D eigenvalue weighted by Gasteiger charge is 2.45. The first-order chi connectivity index (χ1) is 24.5. The molecule has 0 saturated carbocycles. The Morgan fingerprint density at radius 1 is 0.667 bits per heavy atom. The molecule has 3 aromatic rings. The molecule has 3 heterocycles. The molecule has 51 heavy (non-hydrogen) atoms. The van der Waals surface area contributed by atoms with Crippen molar-refractivity contribution in [3.63, 3.8) is 0 Å². The Bertz CT molecular complexity index is 1460. The van der Waals surface area contributed by atoms with Gasteiger partial charge in [0, 0.05) is 24.2 Å². The quantitative estimate of drug-likeness (QED) is 0.0560. The zero-order chi connectivity index (χ0) is 36.7. The summed E-state index contributed by atoms with van der Waals surface area (Å²) in [6, 6.07) is 13.6. The lowest BCUT2D eigenvalue weighted by Crippen LogP contribution is -2.59. The number of nitrogens with zero attached hydrogens (tertiary/aromatic N) is 2. The molecular weight excluding hydrogens is 676 g/mol. The lowest BCUT2D eigenvalue weighted by atomic mass is 9.99. The molecule has 0 unspecified atom stereocenters. The minimum absolute atomic E-state index is 0.0631.